The quantitative estimate of drug-likeness (QED) is 0.535. The third-order valence-electron chi connectivity index (χ3n) is 5.29. The molecule has 1 aromatic heterocycles. The Hall–Kier alpha value is -3.32. The van der Waals surface area contributed by atoms with Crippen molar-refractivity contribution >= 4 is 17.4 Å². The fourth-order valence-corrected chi connectivity index (χ4v) is 3.66. The number of amides is 1. The number of benzene rings is 2. The van der Waals surface area contributed by atoms with Crippen LogP contribution in [0.2, 0.25) is 0 Å². The summed E-state index contributed by atoms with van der Waals surface area (Å²) in [5, 5.41) is 6.18. The molecule has 1 saturated heterocycles. The zero-order valence-electron chi connectivity index (χ0n) is 17.4. The molecule has 31 heavy (non-hydrogen) atoms. The van der Waals surface area contributed by atoms with E-state index in [-0.39, 0.29) is 11.7 Å². The molecule has 6 nitrogen and oxygen atoms in total. The maximum Gasteiger partial charge on any atom is 0.251 e. The van der Waals surface area contributed by atoms with Crippen LogP contribution in [0.25, 0.3) is 11.4 Å². The molecule has 1 amide bonds. The maximum absolute atomic E-state index is 13.5. The Labute approximate surface area is 181 Å². The van der Waals surface area contributed by atoms with Crippen LogP contribution in [0.3, 0.4) is 0 Å². The Morgan fingerprint density at radius 1 is 1.06 bits per heavy atom. The van der Waals surface area contributed by atoms with Crippen LogP contribution in [-0.4, -0.2) is 47.0 Å². The van der Waals surface area contributed by atoms with Gasteiger partial charge in [0, 0.05) is 29.6 Å². The van der Waals surface area contributed by atoms with E-state index in [0.29, 0.717) is 29.3 Å². The Morgan fingerprint density at radius 3 is 2.65 bits per heavy atom. The van der Waals surface area contributed by atoms with Crippen LogP contribution >= 0.6 is 0 Å². The highest BCUT2D eigenvalue weighted by molar-refractivity contribution is 5.94. The Kier molecular flexibility index (Phi) is 6.84. The van der Waals surface area contributed by atoms with E-state index >= 15 is 0 Å². The van der Waals surface area contributed by atoms with Crippen molar-refractivity contribution in [2.45, 2.75) is 19.3 Å². The number of nitrogens with zero attached hydrogens (tertiary/aromatic N) is 3. The van der Waals surface area contributed by atoms with Gasteiger partial charge in [-0.3, -0.25) is 4.79 Å². The summed E-state index contributed by atoms with van der Waals surface area (Å²) in [6.07, 6.45) is 5.16. The molecule has 2 heterocycles. The lowest BCUT2D eigenvalue weighted by atomic mass is 10.2. The molecule has 160 valence electrons. The molecular weight excluding hydrogens is 393 g/mol. The van der Waals surface area contributed by atoms with Crippen LogP contribution in [0.1, 0.15) is 29.6 Å². The lowest BCUT2D eigenvalue weighted by Gasteiger charge is -2.14. The van der Waals surface area contributed by atoms with E-state index in [4.69, 9.17) is 0 Å². The first kappa shape index (κ1) is 20.9. The van der Waals surface area contributed by atoms with Gasteiger partial charge in [-0.1, -0.05) is 12.1 Å². The van der Waals surface area contributed by atoms with Crippen LogP contribution in [0, 0.1) is 5.82 Å². The van der Waals surface area contributed by atoms with Gasteiger partial charge in [0.2, 0.25) is 0 Å². The highest BCUT2D eigenvalue weighted by Crippen LogP contribution is 2.20. The van der Waals surface area contributed by atoms with Gasteiger partial charge in [-0.25, -0.2) is 14.4 Å². The first-order chi connectivity index (χ1) is 15.2. The third kappa shape index (κ3) is 5.86. The van der Waals surface area contributed by atoms with E-state index in [0.717, 1.165) is 18.7 Å². The maximum atomic E-state index is 13.5. The average molecular weight is 420 g/mol. The number of rotatable bonds is 8. The molecule has 0 unspecified atom stereocenters. The zero-order valence-corrected chi connectivity index (χ0v) is 17.4. The van der Waals surface area contributed by atoms with Crippen LogP contribution < -0.4 is 10.6 Å². The van der Waals surface area contributed by atoms with E-state index < -0.39 is 0 Å². The Bertz CT molecular complexity index is 1020. The molecule has 7 heteroatoms. The predicted molar refractivity (Wildman–Crippen MR) is 120 cm³/mol. The largest absolute Gasteiger partial charge is 0.352 e. The number of nitrogens with one attached hydrogen (secondary N) is 2. The van der Waals surface area contributed by atoms with Gasteiger partial charge in [-0.2, -0.15) is 0 Å². The van der Waals surface area contributed by atoms with Crippen molar-refractivity contribution in [2.24, 2.45) is 0 Å². The summed E-state index contributed by atoms with van der Waals surface area (Å²) in [4.78, 5) is 23.5. The number of carbonyl (C=O) groups is 1. The van der Waals surface area contributed by atoms with Crippen LogP contribution in [0.5, 0.6) is 0 Å². The van der Waals surface area contributed by atoms with Gasteiger partial charge >= 0.3 is 0 Å². The summed E-state index contributed by atoms with van der Waals surface area (Å²) in [5.74, 6) is 0.635. The topological polar surface area (TPSA) is 70.2 Å². The predicted octanol–water partition coefficient (Wildman–Crippen LogP) is 4.24. The molecule has 2 aromatic carbocycles. The third-order valence-corrected chi connectivity index (χ3v) is 5.29. The normalized spacial score (nSPS) is 13.8. The van der Waals surface area contributed by atoms with Crippen molar-refractivity contribution in [1.29, 1.82) is 0 Å². The number of anilines is 2. The molecular formula is C24H26FN5O. The van der Waals surface area contributed by atoms with E-state index in [2.05, 4.69) is 25.5 Å². The first-order valence-corrected chi connectivity index (χ1v) is 10.6. The van der Waals surface area contributed by atoms with E-state index in [1.54, 1.807) is 36.5 Å². The van der Waals surface area contributed by atoms with Gasteiger partial charge in [0.1, 0.15) is 11.6 Å². The first-order valence-electron chi connectivity index (χ1n) is 10.6. The molecule has 3 aromatic rings. The van der Waals surface area contributed by atoms with Gasteiger partial charge in [-0.05, 0) is 81.4 Å². The summed E-state index contributed by atoms with van der Waals surface area (Å²) < 4.78 is 13.5. The SMILES string of the molecule is O=C(NCCCN1CCCC1)c1ccc(Nc2ccnc(-c3cccc(F)c3)n2)cc1. The molecule has 1 aliphatic rings. The molecule has 0 bridgehead atoms. The van der Waals surface area contributed by atoms with Gasteiger partial charge in [0.15, 0.2) is 5.82 Å². The summed E-state index contributed by atoms with van der Waals surface area (Å²) in [6, 6.07) is 15.2. The Balaban J connectivity index is 1.31. The average Bonchev–Trinajstić information content (AvgIpc) is 3.31. The number of halogens is 1. The summed E-state index contributed by atoms with van der Waals surface area (Å²) in [5.41, 5.74) is 2.03. The standard InChI is InChI=1S/C24H26FN5O/c25-20-6-3-5-19(17-20)23-26-13-11-22(29-23)28-21-9-7-18(8-10-21)24(31)27-12-4-16-30-14-1-2-15-30/h3,5-11,13,17H,1-2,4,12,14-16H2,(H,27,31)(H,26,28,29). The number of likely N-dealkylation sites (tertiary alicyclic amines) is 1. The van der Waals surface area contributed by atoms with Crippen molar-refractivity contribution in [3.8, 4) is 11.4 Å². The lowest BCUT2D eigenvalue weighted by molar-refractivity contribution is 0.0952. The van der Waals surface area contributed by atoms with E-state index in [1.807, 2.05) is 12.1 Å². The molecule has 0 spiro atoms. The van der Waals surface area contributed by atoms with Gasteiger partial charge in [0.25, 0.3) is 5.91 Å². The second kappa shape index (κ2) is 10.1. The van der Waals surface area contributed by atoms with Gasteiger partial charge in [0.05, 0.1) is 0 Å². The lowest BCUT2D eigenvalue weighted by Crippen LogP contribution is -2.28. The molecule has 0 radical (unpaired) electrons. The highest BCUT2D eigenvalue weighted by Gasteiger charge is 2.11. The van der Waals surface area contributed by atoms with Crippen molar-refractivity contribution < 1.29 is 9.18 Å². The van der Waals surface area contributed by atoms with Crippen LogP contribution in [0.4, 0.5) is 15.9 Å². The molecule has 0 aliphatic carbocycles. The minimum atomic E-state index is -0.329. The molecule has 0 atom stereocenters. The molecule has 1 aliphatic heterocycles. The smallest absolute Gasteiger partial charge is 0.251 e. The van der Waals surface area contributed by atoms with Gasteiger partial charge < -0.3 is 15.5 Å². The van der Waals surface area contributed by atoms with Crippen molar-refractivity contribution in [3.63, 3.8) is 0 Å². The fourth-order valence-electron chi connectivity index (χ4n) is 3.66. The summed E-state index contributed by atoms with van der Waals surface area (Å²) in [7, 11) is 0. The van der Waals surface area contributed by atoms with Crippen LogP contribution in [-0.2, 0) is 0 Å². The number of carbonyl (C=O) groups excluding carboxylic acids is 1. The highest BCUT2D eigenvalue weighted by atomic mass is 19.1. The molecule has 1 fully saturated rings. The van der Waals surface area contributed by atoms with E-state index in [1.165, 1.54) is 38.1 Å². The second-order valence-electron chi connectivity index (χ2n) is 7.64. The van der Waals surface area contributed by atoms with Crippen molar-refractivity contribution in [2.75, 3.05) is 31.5 Å². The minimum Gasteiger partial charge on any atom is -0.352 e. The minimum absolute atomic E-state index is 0.0663. The Morgan fingerprint density at radius 2 is 1.87 bits per heavy atom. The van der Waals surface area contributed by atoms with Crippen molar-refractivity contribution in [1.82, 2.24) is 20.2 Å². The number of hydrogen-bond donors (Lipinski definition) is 2. The number of hydrogen-bond acceptors (Lipinski definition) is 5. The van der Waals surface area contributed by atoms with Crippen LogP contribution in [0.15, 0.2) is 60.8 Å². The fraction of sp³-hybridized carbons (Fsp3) is 0.292. The van der Waals surface area contributed by atoms with Gasteiger partial charge in [-0.15, -0.1) is 0 Å². The second-order valence-corrected chi connectivity index (χ2v) is 7.64. The zero-order chi connectivity index (χ0) is 21.5. The molecule has 2 N–H and O–H groups in total. The monoisotopic (exact) mass is 419 g/mol. The number of aromatic nitrogens is 2. The van der Waals surface area contributed by atoms with E-state index in [9.17, 15) is 9.18 Å². The molecule has 0 saturated carbocycles. The molecule has 4 rings (SSSR count). The van der Waals surface area contributed by atoms with Crippen molar-refractivity contribution in [3.05, 3.63) is 72.2 Å². The summed E-state index contributed by atoms with van der Waals surface area (Å²) in [6.45, 7) is 4.08. The summed E-state index contributed by atoms with van der Waals surface area (Å²) >= 11 is 0.